The molecule has 0 aromatic heterocycles. The van der Waals surface area contributed by atoms with E-state index in [9.17, 15) is 9.18 Å². The average molecular weight is 262 g/mol. The fourth-order valence-electron chi connectivity index (χ4n) is 3.27. The van der Waals surface area contributed by atoms with Gasteiger partial charge in [0.2, 0.25) is 0 Å². The molecular formula is C15H19FN2O. The van der Waals surface area contributed by atoms with Crippen LogP contribution in [-0.2, 0) is 0 Å². The fourth-order valence-corrected chi connectivity index (χ4v) is 3.27. The molecule has 2 aliphatic heterocycles. The molecule has 2 fully saturated rings. The van der Waals surface area contributed by atoms with E-state index >= 15 is 0 Å². The van der Waals surface area contributed by atoms with E-state index in [1.54, 1.807) is 13.0 Å². The lowest BCUT2D eigenvalue weighted by atomic mass is 9.92. The minimum Gasteiger partial charge on any atom is -0.338 e. The SMILES string of the molecule is Cc1cc(F)ccc1C(=O)N1CCC2NCCC2C1. The van der Waals surface area contributed by atoms with Crippen molar-refractivity contribution < 1.29 is 9.18 Å². The van der Waals surface area contributed by atoms with E-state index in [2.05, 4.69) is 5.32 Å². The summed E-state index contributed by atoms with van der Waals surface area (Å²) < 4.78 is 13.1. The smallest absolute Gasteiger partial charge is 0.254 e. The number of fused-ring (bicyclic) bond motifs is 1. The molecule has 2 unspecified atom stereocenters. The monoisotopic (exact) mass is 262 g/mol. The standard InChI is InChI=1S/C15H19FN2O/c1-10-8-12(16)2-3-13(10)15(19)18-7-5-14-11(9-18)4-6-17-14/h2-3,8,11,14,17H,4-7,9H2,1H3. The Morgan fingerprint density at radius 2 is 2.26 bits per heavy atom. The summed E-state index contributed by atoms with van der Waals surface area (Å²) in [6.45, 7) is 4.48. The van der Waals surface area contributed by atoms with Gasteiger partial charge in [-0.05, 0) is 56.0 Å². The first kappa shape index (κ1) is 12.6. The van der Waals surface area contributed by atoms with Gasteiger partial charge in [-0.25, -0.2) is 4.39 Å². The molecule has 1 aromatic rings. The molecule has 19 heavy (non-hydrogen) atoms. The van der Waals surface area contributed by atoms with Crippen molar-refractivity contribution in [2.75, 3.05) is 19.6 Å². The van der Waals surface area contributed by atoms with Gasteiger partial charge < -0.3 is 10.2 Å². The Labute approximate surface area is 112 Å². The van der Waals surface area contributed by atoms with Crippen LogP contribution in [0, 0.1) is 18.7 Å². The number of aryl methyl sites for hydroxylation is 1. The lowest BCUT2D eigenvalue weighted by Gasteiger charge is -2.35. The number of nitrogens with one attached hydrogen (secondary N) is 1. The quantitative estimate of drug-likeness (QED) is 0.839. The average Bonchev–Trinajstić information content (AvgIpc) is 2.85. The van der Waals surface area contributed by atoms with Crippen LogP contribution in [0.5, 0.6) is 0 Å². The first-order valence-corrected chi connectivity index (χ1v) is 6.94. The first-order valence-electron chi connectivity index (χ1n) is 6.94. The normalized spacial score (nSPS) is 26.3. The van der Waals surface area contributed by atoms with Crippen molar-refractivity contribution >= 4 is 5.91 Å². The molecule has 0 bridgehead atoms. The third-order valence-electron chi connectivity index (χ3n) is 4.36. The van der Waals surface area contributed by atoms with E-state index in [4.69, 9.17) is 0 Å². The second-order valence-corrected chi connectivity index (χ2v) is 5.61. The number of amides is 1. The van der Waals surface area contributed by atoms with Crippen molar-refractivity contribution in [3.05, 3.63) is 35.1 Å². The van der Waals surface area contributed by atoms with Crippen LogP contribution in [0.4, 0.5) is 4.39 Å². The summed E-state index contributed by atoms with van der Waals surface area (Å²) in [5.41, 5.74) is 1.35. The van der Waals surface area contributed by atoms with Gasteiger partial charge in [-0.2, -0.15) is 0 Å². The number of piperidine rings is 1. The van der Waals surface area contributed by atoms with Crippen LogP contribution in [0.25, 0.3) is 0 Å². The van der Waals surface area contributed by atoms with Crippen LogP contribution in [-0.4, -0.2) is 36.5 Å². The van der Waals surface area contributed by atoms with E-state index in [1.165, 1.54) is 12.1 Å². The number of benzene rings is 1. The van der Waals surface area contributed by atoms with Gasteiger partial charge in [0.15, 0.2) is 0 Å². The molecular weight excluding hydrogens is 243 g/mol. The summed E-state index contributed by atoms with van der Waals surface area (Å²) in [5, 5.41) is 3.49. The van der Waals surface area contributed by atoms with Gasteiger partial charge in [-0.15, -0.1) is 0 Å². The van der Waals surface area contributed by atoms with E-state index in [1.807, 2.05) is 4.90 Å². The first-order chi connectivity index (χ1) is 9.15. The molecule has 2 heterocycles. The molecule has 3 rings (SSSR count). The van der Waals surface area contributed by atoms with Crippen molar-refractivity contribution in [2.24, 2.45) is 5.92 Å². The van der Waals surface area contributed by atoms with Crippen LogP contribution >= 0.6 is 0 Å². The number of likely N-dealkylation sites (tertiary alicyclic amines) is 1. The van der Waals surface area contributed by atoms with Gasteiger partial charge in [0, 0.05) is 24.7 Å². The maximum Gasteiger partial charge on any atom is 0.254 e. The van der Waals surface area contributed by atoms with Gasteiger partial charge >= 0.3 is 0 Å². The molecule has 0 saturated carbocycles. The van der Waals surface area contributed by atoms with Crippen LogP contribution in [0.15, 0.2) is 18.2 Å². The van der Waals surface area contributed by atoms with Crippen molar-refractivity contribution in [3.63, 3.8) is 0 Å². The highest BCUT2D eigenvalue weighted by Crippen LogP contribution is 2.26. The maximum atomic E-state index is 13.1. The van der Waals surface area contributed by atoms with Crippen molar-refractivity contribution in [1.82, 2.24) is 10.2 Å². The number of carbonyl (C=O) groups excluding carboxylic acids is 1. The predicted octanol–water partition coefficient (Wildman–Crippen LogP) is 1.96. The van der Waals surface area contributed by atoms with Crippen LogP contribution in [0.1, 0.15) is 28.8 Å². The number of nitrogens with zero attached hydrogens (tertiary/aromatic N) is 1. The summed E-state index contributed by atoms with van der Waals surface area (Å²) in [4.78, 5) is 14.4. The lowest BCUT2D eigenvalue weighted by molar-refractivity contribution is 0.0661. The Balaban J connectivity index is 1.76. The third-order valence-corrected chi connectivity index (χ3v) is 4.36. The van der Waals surface area contributed by atoms with E-state index in [0.717, 1.165) is 38.0 Å². The second-order valence-electron chi connectivity index (χ2n) is 5.61. The Bertz CT molecular complexity index is 503. The molecule has 2 aliphatic rings. The van der Waals surface area contributed by atoms with Gasteiger partial charge in [0.25, 0.3) is 5.91 Å². The Morgan fingerprint density at radius 1 is 1.42 bits per heavy atom. The minimum absolute atomic E-state index is 0.0443. The molecule has 102 valence electrons. The van der Waals surface area contributed by atoms with Crippen LogP contribution < -0.4 is 5.32 Å². The van der Waals surface area contributed by atoms with Gasteiger partial charge in [0.05, 0.1) is 0 Å². The molecule has 4 heteroatoms. The largest absolute Gasteiger partial charge is 0.338 e. The van der Waals surface area contributed by atoms with Crippen LogP contribution in [0.3, 0.4) is 0 Å². The zero-order valence-corrected chi connectivity index (χ0v) is 11.2. The van der Waals surface area contributed by atoms with Gasteiger partial charge in [0.1, 0.15) is 5.82 Å². The Kier molecular flexibility index (Phi) is 3.27. The number of rotatable bonds is 1. The number of halogens is 1. The molecule has 2 atom stereocenters. The molecule has 2 saturated heterocycles. The highest BCUT2D eigenvalue weighted by Gasteiger charge is 2.34. The Hall–Kier alpha value is -1.42. The Morgan fingerprint density at radius 3 is 3.05 bits per heavy atom. The number of carbonyl (C=O) groups is 1. The zero-order chi connectivity index (χ0) is 13.4. The summed E-state index contributed by atoms with van der Waals surface area (Å²) in [6, 6.07) is 4.98. The predicted molar refractivity (Wildman–Crippen MR) is 71.6 cm³/mol. The number of hydrogen-bond donors (Lipinski definition) is 1. The van der Waals surface area contributed by atoms with Crippen LogP contribution in [0.2, 0.25) is 0 Å². The molecule has 0 aliphatic carbocycles. The molecule has 1 aromatic carbocycles. The highest BCUT2D eigenvalue weighted by atomic mass is 19.1. The summed E-state index contributed by atoms with van der Waals surface area (Å²) in [5.74, 6) is 0.342. The second kappa shape index (κ2) is 4.93. The van der Waals surface area contributed by atoms with E-state index in [0.29, 0.717) is 17.5 Å². The molecule has 0 radical (unpaired) electrons. The van der Waals surface area contributed by atoms with Crippen molar-refractivity contribution in [2.45, 2.75) is 25.8 Å². The lowest BCUT2D eigenvalue weighted by Crippen LogP contribution is -2.47. The fraction of sp³-hybridized carbons (Fsp3) is 0.533. The summed E-state index contributed by atoms with van der Waals surface area (Å²) in [7, 11) is 0. The topological polar surface area (TPSA) is 32.3 Å². The molecule has 3 nitrogen and oxygen atoms in total. The number of hydrogen-bond acceptors (Lipinski definition) is 2. The highest BCUT2D eigenvalue weighted by molar-refractivity contribution is 5.95. The van der Waals surface area contributed by atoms with Crippen molar-refractivity contribution in [1.29, 1.82) is 0 Å². The van der Waals surface area contributed by atoms with E-state index < -0.39 is 0 Å². The molecule has 1 amide bonds. The van der Waals surface area contributed by atoms with Crippen molar-refractivity contribution in [3.8, 4) is 0 Å². The third kappa shape index (κ3) is 2.37. The minimum atomic E-state index is -0.284. The molecule has 0 spiro atoms. The summed E-state index contributed by atoms with van der Waals surface area (Å²) in [6.07, 6.45) is 2.17. The van der Waals surface area contributed by atoms with E-state index in [-0.39, 0.29) is 11.7 Å². The molecule has 1 N–H and O–H groups in total. The van der Waals surface area contributed by atoms with Gasteiger partial charge in [-0.3, -0.25) is 4.79 Å². The zero-order valence-electron chi connectivity index (χ0n) is 11.2. The summed E-state index contributed by atoms with van der Waals surface area (Å²) >= 11 is 0. The maximum absolute atomic E-state index is 13.1. The van der Waals surface area contributed by atoms with Gasteiger partial charge in [-0.1, -0.05) is 0 Å².